The van der Waals surface area contributed by atoms with E-state index < -0.39 is 12.0 Å². The maximum atomic E-state index is 12.6. The van der Waals surface area contributed by atoms with Crippen LogP contribution in [0.1, 0.15) is 34.1 Å². The first-order chi connectivity index (χ1) is 8.92. The van der Waals surface area contributed by atoms with Crippen LogP contribution in [0.25, 0.3) is 0 Å². The van der Waals surface area contributed by atoms with Gasteiger partial charge in [0.15, 0.2) is 0 Å². The van der Waals surface area contributed by atoms with E-state index in [0.29, 0.717) is 24.8 Å². The smallest absolute Gasteiger partial charge is 0.327 e. The Morgan fingerprint density at radius 2 is 2.05 bits per heavy atom. The molecule has 0 radical (unpaired) electrons. The van der Waals surface area contributed by atoms with Crippen LogP contribution in [0.4, 0.5) is 4.79 Å². The molecule has 0 aliphatic carbocycles. The molecule has 0 aromatic heterocycles. The van der Waals surface area contributed by atoms with Gasteiger partial charge in [-0.2, -0.15) is 0 Å². The van der Waals surface area contributed by atoms with Gasteiger partial charge in [0.05, 0.1) is 5.37 Å². The Hall–Kier alpha value is -0.910. The molecular weight excluding hydrogens is 264 g/mol. The lowest BCUT2D eigenvalue weighted by Crippen LogP contribution is -2.52. The molecule has 19 heavy (non-hydrogen) atoms. The third-order valence-electron chi connectivity index (χ3n) is 3.19. The predicted molar refractivity (Wildman–Crippen MR) is 77.3 cm³/mol. The Labute approximate surface area is 119 Å². The van der Waals surface area contributed by atoms with E-state index in [2.05, 4.69) is 13.8 Å². The Balaban J connectivity index is 2.87. The van der Waals surface area contributed by atoms with Gasteiger partial charge in [-0.1, -0.05) is 20.8 Å². The second-order valence-corrected chi connectivity index (χ2v) is 6.38. The Bertz CT molecular complexity index is 336. The molecule has 0 saturated carbocycles. The SMILES string of the molecule is CCC1SCC(C(=O)O)N1C(=O)N(CC)CC(C)C. The number of urea groups is 1. The van der Waals surface area contributed by atoms with E-state index >= 15 is 0 Å². The van der Waals surface area contributed by atoms with E-state index in [1.807, 2.05) is 13.8 Å². The van der Waals surface area contributed by atoms with Crippen LogP contribution >= 0.6 is 11.8 Å². The number of carboxylic acid groups (broad SMARTS) is 1. The van der Waals surface area contributed by atoms with Crippen molar-refractivity contribution in [1.29, 1.82) is 0 Å². The third kappa shape index (κ3) is 3.78. The summed E-state index contributed by atoms with van der Waals surface area (Å²) in [5.74, 6) is -0.0429. The van der Waals surface area contributed by atoms with Gasteiger partial charge >= 0.3 is 12.0 Å². The molecule has 5 nitrogen and oxygen atoms in total. The first-order valence-electron chi connectivity index (χ1n) is 6.83. The molecule has 1 fully saturated rings. The van der Waals surface area contributed by atoms with E-state index in [9.17, 15) is 14.7 Å². The van der Waals surface area contributed by atoms with E-state index in [4.69, 9.17) is 0 Å². The van der Waals surface area contributed by atoms with E-state index in [1.165, 1.54) is 0 Å². The number of rotatable bonds is 5. The van der Waals surface area contributed by atoms with E-state index in [-0.39, 0.29) is 11.4 Å². The summed E-state index contributed by atoms with van der Waals surface area (Å²) in [5, 5.41) is 9.24. The summed E-state index contributed by atoms with van der Waals surface area (Å²) in [6.07, 6.45) is 0.777. The molecule has 6 heteroatoms. The molecule has 1 N–H and O–H groups in total. The molecule has 1 aliphatic rings. The topological polar surface area (TPSA) is 60.9 Å². The molecule has 1 heterocycles. The molecule has 1 saturated heterocycles. The second kappa shape index (κ2) is 7.03. The average Bonchev–Trinajstić information content (AvgIpc) is 2.78. The molecule has 0 aromatic carbocycles. The fraction of sp³-hybridized carbons (Fsp3) is 0.846. The van der Waals surface area contributed by atoms with Crippen LogP contribution in [-0.2, 0) is 4.79 Å². The fourth-order valence-corrected chi connectivity index (χ4v) is 3.61. The average molecular weight is 288 g/mol. The molecule has 2 unspecified atom stereocenters. The number of carbonyl (C=O) groups excluding carboxylic acids is 1. The third-order valence-corrected chi connectivity index (χ3v) is 4.64. The van der Waals surface area contributed by atoms with Crippen molar-refractivity contribution in [3.05, 3.63) is 0 Å². The van der Waals surface area contributed by atoms with Crippen LogP contribution in [0.2, 0.25) is 0 Å². The van der Waals surface area contributed by atoms with Gasteiger partial charge in [-0.05, 0) is 19.3 Å². The summed E-state index contributed by atoms with van der Waals surface area (Å²) in [7, 11) is 0. The van der Waals surface area contributed by atoms with Gasteiger partial charge in [-0.25, -0.2) is 9.59 Å². The summed E-state index contributed by atoms with van der Waals surface area (Å²) in [6, 6.07) is -0.830. The highest BCUT2D eigenvalue weighted by Gasteiger charge is 2.42. The minimum Gasteiger partial charge on any atom is -0.480 e. The minimum atomic E-state index is -0.905. The van der Waals surface area contributed by atoms with Gasteiger partial charge in [0.25, 0.3) is 0 Å². The normalized spacial score (nSPS) is 22.9. The predicted octanol–water partition coefficient (Wildman–Crippen LogP) is 2.32. The number of carboxylic acids is 1. The van der Waals surface area contributed by atoms with Crippen LogP contribution in [-0.4, -0.2) is 57.2 Å². The van der Waals surface area contributed by atoms with Gasteiger partial charge in [0.1, 0.15) is 6.04 Å². The highest BCUT2D eigenvalue weighted by Crippen LogP contribution is 2.32. The van der Waals surface area contributed by atoms with Crippen LogP contribution in [0, 0.1) is 5.92 Å². The zero-order chi connectivity index (χ0) is 14.6. The van der Waals surface area contributed by atoms with Crippen molar-refractivity contribution in [3.8, 4) is 0 Å². The minimum absolute atomic E-state index is 0.0187. The summed E-state index contributed by atoms with van der Waals surface area (Å²) in [6.45, 7) is 9.31. The number of aliphatic carboxylic acids is 1. The van der Waals surface area contributed by atoms with Crippen molar-refractivity contribution in [1.82, 2.24) is 9.80 Å². The molecule has 2 atom stereocenters. The summed E-state index contributed by atoms with van der Waals surface area (Å²) in [4.78, 5) is 27.2. The number of amides is 2. The van der Waals surface area contributed by atoms with Crippen molar-refractivity contribution in [3.63, 3.8) is 0 Å². The Kier molecular flexibility index (Phi) is 5.97. The lowest BCUT2D eigenvalue weighted by atomic mass is 10.2. The second-order valence-electron chi connectivity index (χ2n) is 5.17. The molecule has 2 amide bonds. The van der Waals surface area contributed by atoms with Crippen molar-refractivity contribution in [2.75, 3.05) is 18.8 Å². The number of carbonyl (C=O) groups is 2. The molecule has 1 rings (SSSR count). The van der Waals surface area contributed by atoms with Crippen LogP contribution in [0.3, 0.4) is 0 Å². The van der Waals surface area contributed by atoms with Gasteiger partial charge in [0.2, 0.25) is 0 Å². The molecule has 0 spiro atoms. The first kappa shape index (κ1) is 16.1. The summed E-state index contributed by atoms with van der Waals surface area (Å²) >= 11 is 1.56. The molecule has 0 bridgehead atoms. The highest BCUT2D eigenvalue weighted by atomic mass is 32.2. The quantitative estimate of drug-likeness (QED) is 0.843. The largest absolute Gasteiger partial charge is 0.480 e. The maximum absolute atomic E-state index is 12.6. The number of thioether (sulfide) groups is 1. The van der Waals surface area contributed by atoms with Crippen molar-refractivity contribution >= 4 is 23.8 Å². The van der Waals surface area contributed by atoms with Crippen LogP contribution < -0.4 is 0 Å². The standard InChI is InChI=1S/C13H24N2O3S/c1-5-11-15(10(8-19-11)12(16)17)13(18)14(6-2)7-9(3)4/h9-11H,5-8H2,1-4H3,(H,16,17). The van der Waals surface area contributed by atoms with E-state index in [1.54, 1.807) is 21.6 Å². The van der Waals surface area contributed by atoms with Gasteiger partial charge < -0.3 is 10.0 Å². The maximum Gasteiger partial charge on any atom is 0.327 e. The number of hydrogen-bond acceptors (Lipinski definition) is 3. The van der Waals surface area contributed by atoms with Crippen LogP contribution in [0.5, 0.6) is 0 Å². The fourth-order valence-electron chi connectivity index (χ4n) is 2.27. The Morgan fingerprint density at radius 3 is 2.47 bits per heavy atom. The Morgan fingerprint density at radius 1 is 1.42 bits per heavy atom. The summed E-state index contributed by atoms with van der Waals surface area (Å²) in [5.41, 5.74) is 0. The molecular formula is C13H24N2O3S. The summed E-state index contributed by atoms with van der Waals surface area (Å²) < 4.78 is 0. The number of nitrogens with zero attached hydrogens (tertiary/aromatic N) is 2. The highest BCUT2D eigenvalue weighted by molar-refractivity contribution is 8.00. The van der Waals surface area contributed by atoms with Gasteiger partial charge in [0, 0.05) is 18.8 Å². The zero-order valence-electron chi connectivity index (χ0n) is 12.1. The van der Waals surface area contributed by atoms with E-state index in [0.717, 1.165) is 6.42 Å². The number of hydrogen-bond donors (Lipinski definition) is 1. The van der Waals surface area contributed by atoms with Crippen molar-refractivity contribution in [2.24, 2.45) is 5.92 Å². The van der Waals surface area contributed by atoms with Gasteiger partial charge in [-0.3, -0.25) is 4.90 Å². The van der Waals surface area contributed by atoms with Crippen molar-refractivity contribution < 1.29 is 14.7 Å². The van der Waals surface area contributed by atoms with Crippen molar-refractivity contribution in [2.45, 2.75) is 45.5 Å². The molecule has 0 aromatic rings. The monoisotopic (exact) mass is 288 g/mol. The lowest BCUT2D eigenvalue weighted by Gasteiger charge is -2.33. The molecule has 1 aliphatic heterocycles. The first-order valence-corrected chi connectivity index (χ1v) is 7.88. The lowest BCUT2D eigenvalue weighted by molar-refractivity contribution is -0.141. The van der Waals surface area contributed by atoms with Gasteiger partial charge in [-0.15, -0.1) is 11.8 Å². The zero-order valence-corrected chi connectivity index (χ0v) is 12.9. The molecule has 110 valence electrons. The van der Waals surface area contributed by atoms with Crippen LogP contribution in [0.15, 0.2) is 0 Å².